The molecule has 0 bridgehead atoms. The summed E-state index contributed by atoms with van der Waals surface area (Å²) in [6.07, 6.45) is 0.553. The first-order valence-corrected chi connectivity index (χ1v) is 5.77. The molecule has 0 aromatic heterocycles. The molecular weight excluding hydrogens is 240 g/mol. The number of rotatable bonds is 3. The van der Waals surface area contributed by atoms with Crippen molar-refractivity contribution in [3.63, 3.8) is 0 Å². The highest BCUT2D eigenvalue weighted by Crippen LogP contribution is 2.11. The quantitative estimate of drug-likeness (QED) is 0.726. The molecule has 18 heavy (non-hydrogen) atoms. The van der Waals surface area contributed by atoms with Crippen LogP contribution in [0.4, 0.5) is 8.78 Å². The zero-order valence-corrected chi connectivity index (χ0v) is 9.75. The van der Waals surface area contributed by atoms with E-state index >= 15 is 0 Å². The summed E-state index contributed by atoms with van der Waals surface area (Å²) in [4.78, 5) is 11.7. The lowest BCUT2D eigenvalue weighted by molar-refractivity contribution is -0.122. The van der Waals surface area contributed by atoms with Crippen LogP contribution in [0.15, 0.2) is 18.2 Å². The van der Waals surface area contributed by atoms with Crippen LogP contribution in [0.3, 0.4) is 0 Å². The molecule has 4 N–H and O–H groups in total. The molecule has 2 rings (SSSR count). The molecule has 0 spiro atoms. The Morgan fingerprint density at radius 2 is 2.28 bits per heavy atom. The molecule has 1 saturated heterocycles. The molecule has 98 valence electrons. The van der Waals surface area contributed by atoms with Gasteiger partial charge in [0.05, 0.1) is 6.04 Å². The molecule has 4 nitrogen and oxygen atoms in total. The van der Waals surface area contributed by atoms with E-state index in [9.17, 15) is 13.6 Å². The summed E-state index contributed by atoms with van der Waals surface area (Å²) in [5, 5.41) is 5.53. The number of carbonyl (C=O) groups excluding carboxylic acids is 1. The van der Waals surface area contributed by atoms with Crippen LogP contribution in [0.1, 0.15) is 12.0 Å². The van der Waals surface area contributed by atoms with Crippen molar-refractivity contribution in [1.29, 1.82) is 0 Å². The molecule has 1 fully saturated rings. The number of amides is 1. The van der Waals surface area contributed by atoms with Crippen molar-refractivity contribution in [2.24, 2.45) is 5.73 Å². The summed E-state index contributed by atoms with van der Waals surface area (Å²) >= 11 is 0. The molecule has 0 saturated carbocycles. The van der Waals surface area contributed by atoms with Gasteiger partial charge in [0, 0.05) is 24.7 Å². The van der Waals surface area contributed by atoms with E-state index in [1.54, 1.807) is 0 Å². The molecule has 2 unspecified atom stereocenters. The zero-order chi connectivity index (χ0) is 13.1. The maximum atomic E-state index is 13.3. The highest BCUT2D eigenvalue weighted by molar-refractivity contribution is 5.82. The van der Waals surface area contributed by atoms with Crippen molar-refractivity contribution in [2.45, 2.75) is 25.0 Å². The first-order valence-electron chi connectivity index (χ1n) is 5.77. The molecule has 1 aromatic carbocycles. The summed E-state index contributed by atoms with van der Waals surface area (Å²) in [6, 6.07) is 3.50. The molecule has 1 amide bonds. The Bertz CT molecular complexity index is 453. The molecule has 2 atom stereocenters. The van der Waals surface area contributed by atoms with E-state index in [0.29, 0.717) is 13.0 Å². The Morgan fingerprint density at radius 1 is 1.50 bits per heavy atom. The first-order chi connectivity index (χ1) is 8.58. The summed E-state index contributed by atoms with van der Waals surface area (Å²) in [6.45, 7) is 0.558. The minimum atomic E-state index is -0.922. The van der Waals surface area contributed by atoms with Crippen LogP contribution in [-0.4, -0.2) is 24.5 Å². The highest BCUT2D eigenvalue weighted by Gasteiger charge is 2.26. The van der Waals surface area contributed by atoms with E-state index in [0.717, 1.165) is 6.07 Å². The Morgan fingerprint density at radius 3 is 2.94 bits per heavy atom. The predicted molar refractivity (Wildman–Crippen MR) is 62.6 cm³/mol. The van der Waals surface area contributed by atoms with Crippen molar-refractivity contribution < 1.29 is 13.6 Å². The third kappa shape index (κ3) is 2.83. The number of nitrogens with two attached hydrogens (primary N) is 1. The van der Waals surface area contributed by atoms with E-state index in [1.807, 2.05) is 0 Å². The largest absolute Gasteiger partial charge is 0.351 e. The number of hydrogen-bond donors (Lipinski definition) is 3. The second-order valence-electron chi connectivity index (χ2n) is 4.39. The lowest BCUT2D eigenvalue weighted by Crippen LogP contribution is -2.40. The lowest BCUT2D eigenvalue weighted by atomic mass is 10.1. The van der Waals surface area contributed by atoms with Gasteiger partial charge in [-0.1, -0.05) is 12.1 Å². The van der Waals surface area contributed by atoms with Gasteiger partial charge in [0.2, 0.25) is 5.91 Å². The average Bonchev–Trinajstić information content (AvgIpc) is 2.77. The van der Waals surface area contributed by atoms with Gasteiger partial charge in [0.25, 0.3) is 0 Å². The smallest absolute Gasteiger partial charge is 0.237 e. The van der Waals surface area contributed by atoms with E-state index in [1.165, 1.54) is 12.1 Å². The molecule has 1 aliphatic heterocycles. The number of carbonyl (C=O) groups is 1. The Balaban J connectivity index is 1.91. The SMILES string of the molecule is NC1CNC(C(=O)NCc2cccc(F)c2F)C1. The number of benzene rings is 1. The molecule has 6 heteroatoms. The number of nitrogens with one attached hydrogen (secondary N) is 2. The second-order valence-corrected chi connectivity index (χ2v) is 4.39. The normalized spacial score (nSPS) is 23.1. The summed E-state index contributed by atoms with van der Waals surface area (Å²) < 4.78 is 26.3. The zero-order valence-electron chi connectivity index (χ0n) is 9.75. The standard InChI is InChI=1S/C12H15F2N3O/c13-9-3-1-2-7(11(9)14)5-17-12(18)10-4-8(15)6-16-10/h1-3,8,10,16H,4-6,15H2,(H,17,18). The van der Waals surface area contributed by atoms with E-state index in [-0.39, 0.29) is 30.1 Å². The Hall–Kier alpha value is -1.53. The fraction of sp³-hybridized carbons (Fsp3) is 0.417. The van der Waals surface area contributed by atoms with E-state index in [4.69, 9.17) is 5.73 Å². The van der Waals surface area contributed by atoms with Crippen molar-refractivity contribution in [3.05, 3.63) is 35.4 Å². The maximum absolute atomic E-state index is 13.3. The van der Waals surface area contributed by atoms with Crippen LogP contribution in [0.2, 0.25) is 0 Å². The van der Waals surface area contributed by atoms with Gasteiger partial charge in [-0.3, -0.25) is 4.79 Å². The second kappa shape index (κ2) is 5.41. The molecular formula is C12H15F2N3O. The monoisotopic (exact) mass is 255 g/mol. The topological polar surface area (TPSA) is 67.1 Å². The van der Waals surface area contributed by atoms with Crippen molar-refractivity contribution in [1.82, 2.24) is 10.6 Å². The van der Waals surface area contributed by atoms with Gasteiger partial charge in [0.15, 0.2) is 11.6 Å². The van der Waals surface area contributed by atoms with Crippen LogP contribution in [0, 0.1) is 11.6 Å². The van der Waals surface area contributed by atoms with Gasteiger partial charge >= 0.3 is 0 Å². The van der Waals surface area contributed by atoms with Crippen LogP contribution < -0.4 is 16.4 Å². The van der Waals surface area contributed by atoms with Gasteiger partial charge in [-0.05, 0) is 12.5 Å². The van der Waals surface area contributed by atoms with Gasteiger partial charge in [-0.25, -0.2) is 8.78 Å². The molecule has 1 heterocycles. The maximum Gasteiger partial charge on any atom is 0.237 e. The third-order valence-electron chi connectivity index (χ3n) is 2.97. The van der Waals surface area contributed by atoms with Gasteiger partial charge < -0.3 is 16.4 Å². The van der Waals surface area contributed by atoms with Gasteiger partial charge in [0.1, 0.15) is 0 Å². The predicted octanol–water partition coefficient (Wildman–Crippen LogP) is 0.270. The number of hydrogen-bond acceptors (Lipinski definition) is 3. The van der Waals surface area contributed by atoms with E-state index in [2.05, 4.69) is 10.6 Å². The fourth-order valence-electron chi connectivity index (χ4n) is 1.95. The summed E-state index contributed by atoms with van der Waals surface area (Å²) in [7, 11) is 0. The minimum absolute atomic E-state index is 0.0319. The summed E-state index contributed by atoms with van der Waals surface area (Å²) in [5.41, 5.74) is 5.79. The Labute approximate surface area is 104 Å². The number of halogens is 2. The van der Waals surface area contributed by atoms with Crippen molar-refractivity contribution >= 4 is 5.91 Å². The first kappa shape index (κ1) is 12.9. The molecule has 1 aliphatic rings. The molecule has 0 aliphatic carbocycles. The average molecular weight is 255 g/mol. The van der Waals surface area contributed by atoms with Crippen LogP contribution in [0.5, 0.6) is 0 Å². The van der Waals surface area contributed by atoms with Crippen molar-refractivity contribution in [2.75, 3.05) is 6.54 Å². The molecule has 1 aromatic rings. The van der Waals surface area contributed by atoms with E-state index < -0.39 is 11.6 Å². The van der Waals surface area contributed by atoms with Crippen molar-refractivity contribution in [3.8, 4) is 0 Å². The fourth-order valence-corrected chi connectivity index (χ4v) is 1.95. The van der Waals surface area contributed by atoms with Crippen LogP contribution >= 0.6 is 0 Å². The Kier molecular flexibility index (Phi) is 3.88. The lowest BCUT2D eigenvalue weighted by Gasteiger charge is -2.11. The van der Waals surface area contributed by atoms with Crippen LogP contribution in [-0.2, 0) is 11.3 Å². The van der Waals surface area contributed by atoms with Gasteiger partial charge in [-0.15, -0.1) is 0 Å². The minimum Gasteiger partial charge on any atom is -0.351 e. The van der Waals surface area contributed by atoms with Gasteiger partial charge in [-0.2, -0.15) is 0 Å². The third-order valence-corrected chi connectivity index (χ3v) is 2.97. The summed E-state index contributed by atoms with van der Waals surface area (Å²) in [5.74, 6) is -2.08. The highest BCUT2D eigenvalue weighted by atomic mass is 19.2. The molecule has 0 radical (unpaired) electrons. The van der Waals surface area contributed by atoms with Crippen LogP contribution in [0.25, 0.3) is 0 Å².